The molecule has 1 aliphatic rings. The molecule has 2 aromatic rings. The van der Waals surface area contributed by atoms with E-state index < -0.39 is 11.6 Å². The maximum Gasteiger partial charge on any atom is 0.253 e. The Labute approximate surface area is 122 Å². The quantitative estimate of drug-likeness (QED) is 0.826. The van der Waals surface area contributed by atoms with E-state index in [4.69, 9.17) is 0 Å². The summed E-state index contributed by atoms with van der Waals surface area (Å²) < 4.78 is 26.3. The van der Waals surface area contributed by atoms with E-state index in [0.29, 0.717) is 18.7 Å². The molecule has 0 aromatic heterocycles. The fourth-order valence-corrected chi connectivity index (χ4v) is 2.75. The van der Waals surface area contributed by atoms with Crippen molar-refractivity contribution in [3.63, 3.8) is 0 Å². The highest BCUT2D eigenvalue weighted by Gasteiger charge is 2.28. The predicted molar refractivity (Wildman–Crippen MR) is 76.1 cm³/mol. The first-order chi connectivity index (χ1) is 10.1. The first kappa shape index (κ1) is 13.7. The average molecular weight is 287 g/mol. The molecule has 4 heteroatoms. The molecular weight excluding hydrogens is 272 g/mol. The number of amides is 1. The number of nitrogens with zero attached hydrogens (tertiary/aromatic N) is 1. The molecule has 108 valence electrons. The van der Waals surface area contributed by atoms with Crippen molar-refractivity contribution in [3.05, 3.63) is 71.3 Å². The summed E-state index contributed by atoms with van der Waals surface area (Å²) in [4.78, 5) is 14.1. The van der Waals surface area contributed by atoms with Crippen LogP contribution in [0.4, 0.5) is 8.78 Å². The standard InChI is InChI=1S/C17H15F2NO/c18-15-7-6-13(10-16(15)19)14-8-9-20(11-14)17(21)12-4-2-1-3-5-12/h1-7,10,14H,8-9,11H2. The lowest BCUT2D eigenvalue weighted by atomic mass is 9.98. The maximum absolute atomic E-state index is 13.3. The topological polar surface area (TPSA) is 20.3 Å². The van der Waals surface area contributed by atoms with Gasteiger partial charge in [-0.1, -0.05) is 24.3 Å². The number of halogens is 2. The van der Waals surface area contributed by atoms with Crippen molar-refractivity contribution in [3.8, 4) is 0 Å². The number of benzene rings is 2. The maximum atomic E-state index is 13.3. The Bertz CT molecular complexity index is 657. The van der Waals surface area contributed by atoms with Gasteiger partial charge in [-0.2, -0.15) is 0 Å². The lowest BCUT2D eigenvalue weighted by Crippen LogP contribution is -2.28. The highest BCUT2D eigenvalue weighted by atomic mass is 19.2. The summed E-state index contributed by atoms with van der Waals surface area (Å²) in [5, 5.41) is 0. The van der Waals surface area contributed by atoms with Gasteiger partial charge >= 0.3 is 0 Å². The summed E-state index contributed by atoms with van der Waals surface area (Å²) in [5.74, 6) is -1.62. The lowest BCUT2D eigenvalue weighted by Gasteiger charge is -2.17. The number of carbonyl (C=O) groups is 1. The van der Waals surface area contributed by atoms with E-state index in [-0.39, 0.29) is 11.8 Å². The smallest absolute Gasteiger partial charge is 0.253 e. The molecule has 0 aliphatic carbocycles. The molecular formula is C17H15F2NO. The van der Waals surface area contributed by atoms with E-state index in [9.17, 15) is 13.6 Å². The Morgan fingerprint density at radius 1 is 1.05 bits per heavy atom. The average Bonchev–Trinajstić information content (AvgIpc) is 3.00. The Hall–Kier alpha value is -2.23. The van der Waals surface area contributed by atoms with Crippen LogP contribution in [0.5, 0.6) is 0 Å². The minimum Gasteiger partial charge on any atom is -0.338 e. The first-order valence-corrected chi connectivity index (χ1v) is 6.94. The summed E-state index contributed by atoms with van der Waals surface area (Å²) in [6.45, 7) is 1.18. The van der Waals surface area contributed by atoms with Crippen LogP contribution in [-0.2, 0) is 0 Å². The number of likely N-dealkylation sites (tertiary alicyclic amines) is 1. The monoisotopic (exact) mass is 287 g/mol. The Morgan fingerprint density at radius 3 is 2.52 bits per heavy atom. The van der Waals surface area contributed by atoms with Gasteiger partial charge in [0, 0.05) is 24.6 Å². The summed E-state index contributed by atoms with van der Waals surface area (Å²) >= 11 is 0. The van der Waals surface area contributed by atoms with E-state index >= 15 is 0 Å². The van der Waals surface area contributed by atoms with Gasteiger partial charge in [0.2, 0.25) is 0 Å². The summed E-state index contributed by atoms with van der Waals surface area (Å²) in [7, 11) is 0. The molecule has 3 rings (SSSR count). The molecule has 21 heavy (non-hydrogen) atoms. The highest BCUT2D eigenvalue weighted by molar-refractivity contribution is 5.94. The Kier molecular flexibility index (Phi) is 3.69. The molecule has 2 nitrogen and oxygen atoms in total. The van der Waals surface area contributed by atoms with Crippen molar-refractivity contribution in [1.82, 2.24) is 4.90 Å². The highest BCUT2D eigenvalue weighted by Crippen LogP contribution is 2.29. The second-order valence-corrected chi connectivity index (χ2v) is 5.28. The fraction of sp³-hybridized carbons (Fsp3) is 0.235. The summed E-state index contributed by atoms with van der Waals surface area (Å²) in [6, 6.07) is 13.1. The zero-order chi connectivity index (χ0) is 14.8. The molecule has 1 fully saturated rings. The zero-order valence-electron chi connectivity index (χ0n) is 11.4. The van der Waals surface area contributed by atoms with Crippen LogP contribution in [0.3, 0.4) is 0 Å². The minimum absolute atomic E-state index is 0.0133. The van der Waals surface area contributed by atoms with Crippen molar-refractivity contribution in [2.24, 2.45) is 0 Å². The van der Waals surface area contributed by atoms with Crippen molar-refractivity contribution in [2.75, 3.05) is 13.1 Å². The van der Waals surface area contributed by atoms with Crippen LogP contribution in [-0.4, -0.2) is 23.9 Å². The predicted octanol–water partition coefficient (Wildman–Crippen LogP) is 3.59. The fourth-order valence-electron chi connectivity index (χ4n) is 2.75. The van der Waals surface area contributed by atoms with Crippen molar-refractivity contribution >= 4 is 5.91 Å². The summed E-state index contributed by atoms with van der Waals surface area (Å²) in [6.07, 6.45) is 0.768. The zero-order valence-corrected chi connectivity index (χ0v) is 11.4. The molecule has 0 N–H and O–H groups in total. The molecule has 1 atom stereocenters. The van der Waals surface area contributed by atoms with Crippen LogP contribution in [0, 0.1) is 11.6 Å². The number of carbonyl (C=O) groups excluding carboxylic acids is 1. The van der Waals surface area contributed by atoms with E-state index in [1.165, 1.54) is 6.07 Å². The van der Waals surface area contributed by atoms with Crippen LogP contribution in [0.2, 0.25) is 0 Å². The van der Waals surface area contributed by atoms with E-state index in [1.807, 2.05) is 18.2 Å². The number of hydrogen-bond acceptors (Lipinski definition) is 1. The van der Waals surface area contributed by atoms with Crippen molar-refractivity contribution < 1.29 is 13.6 Å². The molecule has 1 heterocycles. The third-order valence-corrected chi connectivity index (χ3v) is 3.91. The molecule has 0 radical (unpaired) electrons. The van der Waals surface area contributed by atoms with E-state index in [0.717, 1.165) is 18.1 Å². The van der Waals surface area contributed by atoms with Gasteiger partial charge in [0.15, 0.2) is 11.6 Å². The lowest BCUT2D eigenvalue weighted by molar-refractivity contribution is 0.0791. The van der Waals surface area contributed by atoms with Gasteiger partial charge in [0.1, 0.15) is 0 Å². The molecule has 1 unspecified atom stereocenters. The van der Waals surface area contributed by atoms with Crippen molar-refractivity contribution in [2.45, 2.75) is 12.3 Å². The van der Waals surface area contributed by atoms with Gasteiger partial charge in [0.05, 0.1) is 0 Å². The van der Waals surface area contributed by atoms with Gasteiger partial charge in [-0.25, -0.2) is 8.78 Å². The molecule has 0 bridgehead atoms. The van der Waals surface area contributed by atoms with Gasteiger partial charge in [-0.3, -0.25) is 4.79 Å². The van der Waals surface area contributed by atoms with E-state index in [1.54, 1.807) is 23.1 Å². The molecule has 0 spiro atoms. The van der Waals surface area contributed by atoms with Crippen molar-refractivity contribution in [1.29, 1.82) is 0 Å². The molecule has 1 aliphatic heterocycles. The molecule has 0 saturated carbocycles. The minimum atomic E-state index is -0.839. The van der Waals surface area contributed by atoms with Gasteiger partial charge in [-0.15, -0.1) is 0 Å². The molecule has 1 amide bonds. The molecule has 1 saturated heterocycles. The van der Waals surface area contributed by atoms with Crippen LogP contribution < -0.4 is 0 Å². The van der Waals surface area contributed by atoms with Gasteiger partial charge < -0.3 is 4.90 Å². The van der Waals surface area contributed by atoms with Crippen LogP contribution in [0.1, 0.15) is 28.3 Å². The largest absolute Gasteiger partial charge is 0.338 e. The van der Waals surface area contributed by atoms with Gasteiger partial charge in [-0.05, 0) is 36.2 Å². The summed E-state index contributed by atoms with van der Waals surface area (Å²) in [5.41, 5.74) is 1.40. The Morgan fingerprint density at radius 2 is 1.81 bits per heavy atom. The third-order valence-electron chi connectivity index (χ3n) is 3.91. The second-order valence-electron chi connectivity index (χ2n) is 5.28. The van der Waals surface area contributed by atoms with Crippen LogP contribution >= 0.6 is 0 Å². The third kappa shape index (κ3) is 2.79. The normalized spacial score (nSPS) is 18.0. The SMILES string of the molecule is O=C(c1ccccc1)N1CCC(c2ccc(F)c(F)c2)C1. The first-order valence-electron chi connectivity index (χ1n) is 6.94. The Balaban J connectivity index is 1.73. The number of rotatable bonds is 2. The number of hydrogen-bond donors (Lipinski definition) is 0. The van der Waals surface area contributed by atoms with Crippen LogP contribution in [0.25, 0.3) is 0 Å². The van der Waals surface area contributed by atoms with Gasteiger partial charge in [0.25, 0.3) is 5.91 Å². The van der Waals surface area contributed by atoms with E-state index in [2.05, 4.69) is 0 Å². The molecule has 2 aromatic carbocycles. The van der Waals surface area contributed by atoms with Crippen LogP contribution in [0.15, 0.2) is 48.5 Å². The second kappa shape index (κ2) is 5.64.